The third-order valence-electron chi connectivity index (χ3n) is 0.930. The molecule has 0 aromatic carbocycles. The van der Waals surface area contributed by atoms with Gasteiger partial charge in [-0.15, -0.1) is 0 Å². The largest absolute Gasteiger partial charge is 0.299 e. The Balaban J connectivity index is 4.36. The Bertz CT molecular complexity index is 201. The van der Waals surface area contributed by atoms with E-state index in [9.17, 15) is 0 Å². The van der Waals surface area contributed by atoms with Gasteiger partial charge in [0.15, 0.2) is 0 Å². The normalized spacial score (nSPS) is 10.8. The molecule has 0 aliphatic heterocycles. The van der Waals surface area contributed by atoms with Crippen molar-refractivity contribution in [3.63, 3.8) is 0 Å². The Hall–Kier alpha value is -0.630. The van der Waals surface area contributed by atoms with Crippen LogP contribution in [-0.4, -0.2) is 5.71 Å². The van der Waals surface area contributed by atoms with Gasteiger partial charge in [-0.2, -0.15) is 0 Å². The fourth-order valence-electron chi connectivity index (χ4n) is 0.391. The minimum absolute atomic E-state index is 0.417. The second-order valence-electron chi connectivity index (χ2n) is 1.91. The second-order valence-corrected chi connectivity index (χ2v) is 2.76. The van der Waals surface area contributed by atoms with E-state index in [1.807, 2.05) is 0 Å². The summed E-state index contributed by atoms with van der Waals surface area (Å²) in [5.41, 5.74) is 1.16. The van der Waals surface area contributed by atoms with Gasteiger partial charge >= 0.3 is 0 Å². The van der Waals surface area contributed by atoms with Gasteiger partial charge in [-0.25, -0.2) is 0 Å². The average Bonchev–Trinajstić information content (AvgIpc) is 1.87. The molecule has 0 atom stereocenters. The minimum atomic E-state index is 0.417. The van der Waals surface area contributed by atoms with E-state index in [2.05, 4.69) is 29.1 Å². The van der Waals surface area contributed by atoms with Gasteiger partial charge in [-0.1, -0.05) is 19.2 Å². The molecule has 0 aliphatic carbocycles. The van der Waals surface area contributed by atoms with Gasteiger partial charge in [0.1, 0.15) is 0 Å². The van der Waals surface area contributed by atoms with Crippen LogP contribution in [0.5, 0.6) is 0 Å². The molecule has 0 rings (SSSR count). The highest BCUT2D eigenvalue weighted by atomic mass is 79.9. The van der Waals surface area contributed by atoms with Crippen LogP contribution >= 0.6 is 15.9 Å². The number of nitrogens with one attached hydrogen (secondary N) is 1. The van der Waals surface area contributed by atoms with Crippen LogP contribution in [-0.2, 0) is 0 Å². The molecule has 0 aromatic rings. The van der Waals surface area contributed by atoms with E-state index in [1.54, 1.807) is 19.1 Å². The lowest BCUT2D eigenvalue weighted by molar-refractivity contribution is 1.47. The molecule has 54 valence electrons. The molecule has 2 heteroatoms. The van der Waals surface area contributed by atoms with Crippen LogP contribution in [0.15, 0.2) is 35.4 Å². The van der Waals surface area contributed by atoms with E-state index < -0.39 is 0 Å². The summed E-state index contributed by atoms with van der Waals surface area (Å²) < 4.78 is 0.718. The van der Waals surface area contributed by atoms with Crippen molar-refractivity contribution in [3.8, 4) is 0 Å². The first-order valence-corrected chi connectivity index (χ1v) is 3.62. The molecule has 1 N–H and O–H groups in total. The molecule has 0 bridgehead atoms. The predicted molar refractivity (Wildman–Crippen MR) is 49.7 cm³/mol. The van der Waals surface area contributed by atoms with Crippen LogP contribution < -0.4 is 0 Å². The van der Waals surface area contributed by atoms with Crippen LogP contribution in [0.25, 0.3) is 0 Å². The fourth-order valence-corrected chi connectivity index (χ4v) is 0.916. The summed E-state index contributed by atoms with van der Waals surface area (Å²) in [6.07, 6.45) is 3.35. The molecular formula is C8H10BrN. The SMILES string of the molecule is C=C/C=C(/Br)C(=N)C(=C)C. The highest BCUT2D eigenvalue weighted by Gasteiger charge is 1.98. The first-order valence-electron chi connectivity index (χ1n) is 2.82. The Morgan fingerprint density at radius 2 is 2.10 bits per heavy atom. The highest BCUT2D eigenvalue weighted by molar-refractivity contribution is 9.12. The van der Waals surface area contributed by atoms with Crippen LogP contribution in [0.2, 0.25) is 0 Å². The van der Waals surface area contributed by atoms with Gasteiger partial charge in [0.05, 0.1) is 5.71 Å². The number of rotatable bonds is 3. The first-order chi connectivity index (χ1) is 4.59. The molecule has 10 heavy (non-hydrogen) atoms. The Morgan fingerprint density at radius 3 is 2.40 bits per heavy atom. The summed E-state index contributed by atoms with van der Waals surface area (Å²) in [6.45, 7) is 8.93. The lowest BCUT2D eigenvalue weighted by atomic mass is 10.2. The van der Waals surface area contributed by atoms with Crippen molar-refractivity contribution in [2.75, 3.05) is 0 Å². The lowest BCUT2D eigenvalue weighted by Crippen LogP contribution is -1.95. The Kier molecular flexibility index (Phi) is 3.96. The molecule has 0 saturated heterocycles. The van der Waals surface area contributed by atoms with Crippen LogP contribution in [0.4, 0.5) is 0 Å². The Labute approximate surface area is 69.8 Å². The van der Waals surface area contributed by atoms with Crippen LogP contribution in [0, 0.1) is 5.41 Å². The zero-order valence-corrected chi connectivity index (χ0v) is 7.53. The summed E-state index contributed by atoms with van der Waals surface area (Å²) in [5.74, 6) is 0. The number of allylic oxidation sites excluding steroid dienone is 4. The topological polar surface area (TPSA) is 23.9 Å². The standard InChI is InChI=1S/C8H10BrN/c1-4-5-7(9)8(10)6(2)3/h4-5,10H,1-2H2,3H3/b7-5+,10-8?. The van der Waals surface area contributed by atoms with E-state index in [4.69, 9.17) is 5.41 Å². The summed E-state index contributed by atoms with van der Waals surface area (Å²) in [6, 6.07) is 0. The van der Waals surface area contributed by atoms with Crippen molar-refractivity contribution in [1.29, 1.82) is 5.41 Å². The maximum Gasteiger partial charge on any atom is 0.0705 e. The molecule has 0 spiro atoms. The van der Waals surface area contributed by atoms with Gasteiger partial charge < -0.3 is 0 Å². The van der Waals surface area contributed by atoms with Crippen molar-refractivity contribution in [3.05, 3.63) is 35.4 Å². The molecule has 0 unspecified atom stereocenters. The summed E-state index contributed by atoms with van der Waals surface area (Å²) in [7, 11) is 0. The minimum Gasteiger partial charge on any atom is -0.299 e. The molecule has 1 nitrogen and oxygen atoms in total. The van der Waals surface area contributed by atoms with E-state index in [0.717, 1.165) is 10.1 Å². The Morgan fingerprint density at radius 1 is 1.60 bits per heavy atom. The van der Waals surface area contributed by atoms with Crippen molar-refractivity contribution in [2.45, 2.75) is 6.92 Å². The van der Waals surface area contributed by atoms with Gasteiger partial charge in [0.2, 0.25) is 0 Å². The van der Waals surface area contributed by atoms with E-state index in [-0.39, 0.29) is 0 Å². The smallest absolute Gasteiger partial charge is 0.0705 e. The van der Waals surface area contributed by atoms with Crippen LogP contribution in [0.3, 0.4) is 0 Å². The van der Waals surface area contributed by atoms with Crippen molar-refractivity contribution >= 4 is 21.6 Å². The number of hydrogen-bond donors (Lipinski definition) is 1. The predicted octanol–water partition coefficient (Wildman–Crippen LogP) is 3.05. The summed E-state index contributed by atoms with van der Waals surface area (Å²) in [5, 5.41) is 7.39. The zero-order valence-electron chi connectivity index (χ0n) is 5.95. The zero-order chi connectivity index (χ0) is 8.15. The van der Waals surface area contributed by atoms with Gasteiger partial charge in [-0.3, -0.25) is 5.41 Å². The third-order valence-corrected chi connectivity index (χ3v) is 1.59. The van der Waals surface area contributed by atoms with Gasteiger partial charge in [-0.05, 0) is 34.5 Å². The molecule has 0 saturated carbocycles. The number of hydrogen-bond acceptors (Lipinski definition) is 1. The fraction of sp³-hybridized carbons (Fsp3) is 0.125. The maximum atomic E-state index is 7.39. The van der Waals surface area contributed by atoms with Crippen LogP contribution in [0.1, 0.15) is 6.92 Å². The summed E-state index contributed by atoms with van der Waals surface area (Å²) in [4.78, 5) is 0. The van der Waals surface area contributed by atoms with Crippen molar-refractivity contribution in [2.24, 2.45) is 0 Å². The van der Waals surface area contributed by atoms with E-state index in [1.165, 1.54) is 0 Å². The molecule has 0 aromatic heterocycles. The van der Waals surface area contributed by atoms with E-state index in [0.29, 0.717) is 5.71 Å². The average molecular weight is 200 g/mol. The van der Waals surface area contributed by atoms with E-state index >= 15 is 0 Å². The molecule has 0 fully saturated rings. The molecule has 0 radical (unpaired) electrons. The maximum absolute atomic E-state index is 7.39. The second kappa shape index (κ2) is 4.23. The monoisotopic (exact) mass is 199 g/mol. The van der Waals surface area contributed by atoms with Crippen molar-refractivity contribution < 1.29 is 0 Å². The first kappa shape index (κ1) is 9.37. The summed E-state index contributed by atoms with van der Waals surface area (Å²) >= 11 is 3.21. The lowest BCUT2D eigenvalue weighted by Gasteiger charge is -1.98. The third kappa shape index (κ3) is 2.78. The quantitative estimate of drug-likeness (QED) is 0.534. The molecule has 0 heterocycles. The molecule has 0 aliphatic rings. The van der Waals surface area contributed by atoms with Gasteiger partial charge in [0.25, 0.3) is 0 Å². The number of halogens is 1. The van der Waals surface area contributed by atoms with Gasteiger partial charge in [0, 0.05) is 4.48 Å². The molecular weight excluding hydrogens is 190 g/mol. The van der Waals surface area contributed by atoms with Crippen molar-refractivity contribution in [1.82, 2.24) is 0 Å². The molecule has 0 amide bonds. The highest BCUT2D eigenvalue weighted by Crippen LogP contribution is 2.11.